The molecule has 9 aromatic rings. The number of furan rings is 1. The van der Waals surface area contributed by atoms with Crippen LogP contribution >= 0.6 is 0 Å². The summed E-state index contributed by atoms with van der Waals surface area (Å²) in [6.45, 7) is 4.65. The van der Waals surface area contributed by atoms with E-state index in [0.717, 1.165) is 66.8 Å². The van der Waals surface area contributed by atoms with Gasteiger partial charge in [0.15, 0.2) is 5.58 Å². The van der Waals surface area contributed by atoms with Crippen molar-refractivity contribution < 1.29 is 8.83 Å². The van der Waals surface area contributed by atoms with Crippen LogP contribution in [0, 0.1) is 0 Å². The maximum atomic E-state index is 6.43. The molecule has 50 heavy (non-hydrogen) atoms. The van der Waals surface area contributed by atoms with Crippen LogP contribution < -0.4 is 4.90 Å². The summed E-state index contributed by atoms with van der Waals surface area (Å²) in [6.07, 6.45) is 0. The van der Waals surface area contributed by atoms with E-state index in [9.17, 15) is 0 Å². The van der Waals surface area contributed by atoms with Gasteiger partial charge in [-0.2, -0.15) is 0 Å². The number of oxazole rings is 1. The minimum Gasteiger partial charge on any atom is -0.456 e. The molecule has 0 saturated heterocycles. The molecule has 0 radical (unpaired) electrons. The molecule has 4 heteroatoms. The van der Waals surface area contributed by atoms with Gasteiger partial charge in [-0.25, -0.2) is 4.98 Å². The highest BCUT2D eigenvalue weighted by Gasteiger charge is 2.35. The van der Waals surface area contributed by atoms with E-state index in [0.29, 0.717) is 5.89 Å². The van der Waals surface area contributed by atoms with Gasteiger partial charge in [0.2, 0.25) is 5.89 Å². The highest BCUT2D eigenvalue weighted by atomic mass is 16.3. The summed E-state index contributed by atoms with van der Waals surface area (Å²) in [4.78, 5) is 7.11. The van der Waals surface area contributed by atoms with E-state index in [1.165, 1.54) is 22.3 Å². The van der Waals surface area contributed by atoms with Crippen LogP contribution in [0.4, 0.5) is 17.1 Å². The third-order valence-electron chi connectivity index (χ3n) is 10.3. The quantitative estimate of drug-likeness (QED) is 0.187. The SMILES string of the molecule is CC1(C)c2ccccc2-c2cc(N(c3ccccc3)c3ccc(-c4ccc5c(c4)oc4cccc(-c6nc7ccccc7o6)c45)cc3)ccc21. The van der Waals surface area contributed by atoms with Crippen molar-refractivity contribution in [2.45, 2.75) is 19.3 Å². The van der Waals surface area contributed by atoms with Gasteiger partial charge < -0.3 is 13.7 Å². The first kappa shape index (κ1) is 28.6. The first-order chi connectivity index (χ1) is 24.5. The predicted molar refractivity (Wildman–Crippen MR) is 204 cm³/mol. The molecule has 1 aliphatic carbocycles. The summed E-state index contributed by atoms with van der Waals surface area (Å²) in [5, 5.41) is 2.05. The fourth-order valence-corrected chi connectivity index (χ4v) is 7.85. The van der Waals surface area contributed by atoms with E-state index in [1.54, 1.807) is 0 Å². The van der Waals surface area contributed by atoms with Crippen molar-refractivity contribution in [3.63, 3.8) is 0 Å². The van der Waals surface area contributed by atoms with Gasteiger partial charge >= 0.3 is 0 Å². The van der Waals surface area contributed by atoms with E-state index in [1.807, 2.05) is 42.5 Å². The Balaban J connectivity index is 1.03. The number of hydrogen-bond donors (Lipinski definition) is 0. The second-order valence-electron chi connectivity index (χ2n) is 13.6. The fourth-order valence-electron chi connectivity index (χ4n) is 7.85. The van der Waals surface area contributed by atoms with Gasteiger partial charge in [-0.05, 0) is 106 Å². The monoisotopic (exact) mass is 644 g/mol. The molecule has 10 rings (SSSR count). The number of nitrogens with zero attached hydrogens (tertiary/aromatic N) is 2. The second kappa shape index (κ2) is 10.8. The lowest BCUT2D eigenvalue weighted by Crippen LogP contribution is -2.15. The van der Waals surface area contributed by atoms with Crippen LogP contribution in [0.5, 0.6) is 0 Å². The second-order valence-corrected chi connectivity index (χ2v) is 13.6. The molecule has 1 aliphatic rings. The minimum atomic E-state index is -0.0312. The summed E-state index contributed by atoms with van der Waals surface area (Å²) < 4.78 is 12.6. The number of hydrogen-bond acceptors (Lipinski definition) is 4. The van der Waals surface area contributed by atoms with Gasteiger partial charge in [-0.1, -0.05) is 98.8 Å². The summed E-state index contributed by atoms with van der Waals surface area (Å²) in [6, 6.07) is 55.5. The summed E-state index contributed by atoms with van der Waals surface area (Å²) in [5.41, 5.74) is 15.1. The van der Waals surface area contributed by atoms with Crippen LogP contribution in [0.1, 0.15) is 25.0 Å². The zero-order valence-electron chi connectivity index (χ0n) is 27.7. The van der Waals surface area contributed by atoms with Crippen LogP contribution in [0.15, 0.2) is 167 Å². The summed E-state index contributed by atoms with van der Waals surface area (Å²) >= 11 is 0. The molecular formula is C46H32N2O2. The molecule has 0 fully saturated rings. The number of anilines is 3. The molecule has 0 spiro atoms. The molecule has 2 heterocycles. The van der Waals surface area contributed by atoms with E-state index < -0.39 is 0 Å². The summed E-state index contributed by atoms with van der Waals surface area (Å²) in [5.74, 6) is 0.596. The maximum Gasteiger partial charge on any atom is 0.228 e. The van der Waals surface area contributed by atoms with Gasteiger partial charge in [-0.3, -0.25) is 0 Å². The van der Waals surface area contributed by atoms with Crippen LogP contribution in [-0.2, 0) is 5.41 Å². The number of benzene rings is 7. The number of fused-ring (bicyclic) bond motifs is 7. The van der Waals surface area contributed by atoms with E-state index in [4.69, 9.17) is 13.8 Å². The molecule has 238 valence electrons. The average molecular weight is 645 g/mol. The highest BCUT2D eigenvalue weighted by Crippen LogP contribution is 2.50. The molecule has 0 bridgehead atoms. The Kier molecular flexibility index (Phi) is 6.19. The topological polar surface area (TPSA) is 42.4 Å². The van der Waals surface area contributed by atoms with E-state index in [-0.39, 0.29) is 5.41 Å². The van der Waals surface area contributed by atoms with Crippen LogP contribution in [0.3, 0.4) is 0 Å². The van der Waals surface area contributed by atoms with Gasteiger partial charge in [-0.15, -0.1) is 0 Å². The van der Waals surface area contributed by atoms with Crippen molar-refractivity contribution in [3.8, 4) is 33.7 Å². The first-order valence-corrected chi connectivity index (χ1v) is 17.0. The van der Waals surface area contributed by atoms with Crippen LogP contribution in [0.2, 0.25) is 0 Å². The Morgan fingerprint density at radius 1 is 0.480 bits per heavy atom. The zero-order chi connectivity index (χ0) is 33.4. The molecule has 7 aromatic carbocycles. The molecule has 0 atom stereocenters. The molecule has 0 unspecified atom stereocenters. The largest absolute Gasteiger partial charge is 0.456 e. The Hall–Kier alpha value is -6.39. The lowest BCUT2D eigenvalue weighted by molar-refractivity contribution is 0.620. The van der Waals surface area contributed by atoms with Crippen LogP contribution in [-0.4, -0.2) is 4.98 Å². The molecule has 0 aliphatic heterocycles. The van der Waals surface area contributed by atoms with Crippen molar-refractivity contribution in [2.75, 3.05) is 4.90 Å². The van der Waals surface area contributed by atoms with Crippen molar-refractivity contribution in [1.29, 1.82) is 0 Å². The highest BCUT2D eigenvalue weighted by molar-refractivity contribution is 6.12. The normalized spacial score (nSPS) is 13.2. The molecular weight excluding hydrogens is 613 g/mol. The van der Waals surface area contributed by atoms with Gasteiger partial charge in [0.05, 0.1) is 0 Å². The van der Waals surface area contributed by atoms with E-state index >= 15 is 0 Å². The number of para-hydroxylation sites is 3. The molecule has 4 nitrogen and oxygen atoms in total. The summed E-state index contributed by atoms with van der Waals surface area (Å²) in [7, 11) is 0. The Morgan fingerprint density at radius 3 is 2.02 bits per heavy atom. The predicted octanol–water partition coefficient (Wildman–Crippen LogP) is 12.8. The van der Waals surface area contributed by atoms with E-state index in [2.05, 4.69) is 134 Å². The molecule has 2 aromatic heterocycles. The van der Waals surface area contributed by atoms with Crippen molar-refractivity contribution in [1.82, 2.24) is 4.98 Å². The third-order valence-corrected chi connectivity index (χ3v) is 10.3. The molecule has 0 N–H and O–H groups in total. The lowest BCUT2D eigenvalue weighted by Gasteiger charge is -2.27. The van der Waals surface area contributed by atoms with Crippen molar-refractivity contribution in [2.24, 2.45) is 0 Å². The fraction of sp³-hybridized carbons (Fsp3) is 0.0652. The number of rotatable bonds is 5. The minimum absolute atomic E-state index is 0.0312. The van der Waals surface area contributed by atoms with Gasteiger partial charge in [0.1, 0.15) is 16.7 Å². The number of aromatic nitrogens is 1. The maximum absolute atomic E-state index is 6.43. The van der Waals surface area contributed by atoms with Gasteiger partial charge in [0.25, 0.3) is 0 Å². The Bertz CT molecular complexity index is 2700. The standard InChI is InChI=1S/C46H32N2O2/c1-46(2)38-15-7-6-13-34(38)37-28-33(24-26-39(37)46)48(31-11-4-3-5-12-31)32-22-19-29(20-23-32)30-21-25-35-43(27-30)49-42-18-10-14-36(44(35)42)45-47-40-16-8-9-17-41(40)50-45/h3-28H,1-2H3. The van der Waals surface area contributed by atoms with Crippen molar-refractivity contribution in [3.05, 3.63) is 169 Å². The average Bonchev–Trinajstić information content (AvgIpc) is 3.83. The molecule has 0 saturated carbocycles. The Morgan fingerprint density at radius 2 is 1.16 bits per heavy atom. The third kappa shape index (κ3) is 4.35. The van der Waals surface area contributed by atoms with Crippen molar-refractivity contribution >= 4 is 50.1 Å². The smallest absolute Gasteiger partial charge is 0.228 e. The lowest BCUT2D eigenvalue weighted by atomic mass is 9.82. The Labute approximate surface area is 289 Å². The van der Waals surface area contributed by atoms with Crippen LogP contribution in [0.25, 0.3) is 66.7 Å². The molecule has 0 amide bonds. The first-order valence-electron chi connectivity index (χ1n) is 17.0. The van der Waals surface area contributed by atoms with Gasteiger partial charge in [0, 0.05) is 38.8 Å². The zero-order valence-corrected chi connectivity index (χ0v) is 27.7.